The zero-order valence-corrected chi connectivity index (χ0v) is 12.0. The zero-order valence-electron chi connectivity index (χ0n) is 8.29. The highest BCUT2D eigenvalue weighted by Crippen LogP contribution is 2.22. The Kier molecular flexibility index (Phi) is 3.38. The SMILES string of the molecule is Cc1nc(-c2ncccc2Br)[nH]c(=O)c1I. The normalized spacial score (nSPS) is 10.4. The van der Waals surface area contributed by atoms with Crippen molar-refractivity contribution in [3.05, 3.63) is 42.4 Å². The number of nitrogens with zero attached hydrogens (tertiary/aromatic N) is 2. The van der Waals surface area contributed by atoms with Crippen molar-refractivity contribution < 1.29 is 0 Å². The molecule has 0 unspecified atom stereocenters. The van der Waals surface area contributed by atoms with Crippen LogP contribution in [0.15, 0.2) is 27.6 Å². The van der Waals surface area contributed by atoms with Crippen molar-refractivity contribution in [2.75, 3.05) is 0 Å². The molecule has 0 atom stereocenters. The quantitative estimate of drug-likeness (QED) is 0.760. The summed E-state index contributed by atoms with van der Waals surface area (Å²) in [7, 11) is 0. The molecule has 0 spiro atoms. The third kappa shape index (κ3) is 2.17. The second-order valence-electron chi connectivity index (χ2n) is 3.15. The Morgan fingerprint density at radius 2 is 2.25 bits per heavy atom. The highest BCUT2D eigenvalue weighted by molar-refractivity contribution is 14.1. The van der Waals surface area contributed by atoms with Gasteiger partial charge >= 0.3 is 0 Å². The fourth-order valence-corrected chi connectivity index (χ4v) is 1.94. The molecule has 2 rings (SSSR count). The molecule has 2 aromatic rings. The maximum atomic E-state index is 11.6. The van der Waals surface area contributed by atoms with E-state index < -0.39 is 0 Å². The van der Waals surface area contributed by atoms with Gasteiger partial charge in [0, 0.05) is 10.7 Å². The molecule has 1 N–H and O–H groups in total. The summed E-state index contributed by atoms with van der Waals surface area (Å²) in [5, 5.41) is 0. The van der Waals surface area contributed by atoms with E-state index in [1.54, 1.807) is 13.1 Å². The van der Waals surface area contributed by atoms with Crippen LogP contribution in [0.2, 0.25) is 0 Å². The third-order valence-corrected chi connectivity index (χ3v) is 3.92. The number of rotatable bonds is 1. The number of pyridine rings is 1. The highest BCUT2D eigenvalue weighted by Gasteiger charge is 2.10. The van der Waals surface area contributed by atoms with Crippen molar-refractivity contribution in [2.24, 2.45) is 0 Å². The lowest BCUT2D eigenvalue weighted by molar-refractivity contribution is 1.03. The van der Waals surface area contributed by atoms with Gasteiger partial charge in [-0.25, -0.2) is 4.98 Å². The Morgan fingerprint density at radius 3 is 2.88 bits per heavy atom. The first-order chi connectivity index (χ1) is 7.59. The van der Waals surface area contributed by atoms with Crippen LogP contribution in [0.4, 0.5) is 0 Å². The fraction of sp³-hybridized carbons (Fsp3) is 0.100. The average molecular weight is 392 g/mol. The molecule has 0 aliphatic carbocycles. The summed E-state index contributed by atoms with van der Waals surface area (Å²) in [6, 6.07) is 3.67. The van der Waals surface area contributed by atoms with Crippen LogP contribution in [-0.4, -0.2) is 15.0 Å². The Hall–Kier alpha value is -0.760. The minimum atomic E-state index is -0.138. The number of nitrogens with one attached hydrogen (secondary N) is 1. The molecule has 82 valence electrons. The molecular weight excluding hydrogens is 385 g/mol. The predicted octanol–water partition coefficient (Wildman–Crippen LogP) is 2.51. The van der Waals surface area contributed by atoms with Crippen LogP contribution >= 0.6 is 38.5 Å². The summed E-state index contributed by atoms with van der Waals surface area (Å²) in [6.45, 7) is 1.80. The molecule has 0 aliphatic rings. The van der Waals surface area contributed by atoms with Crippen molar-refractivity contribution in [3.8, 4) is 11.5 Å². The molecular formula is C10H7BrIN3O. The summed E-state index contributed by atoms with van der Waals surface area (Å²) >= 11 is 5.35. The average Bonchev–Trinajstić information content (AvgIpc) is 2.26. The predicted molar refractivity (Wildman–Crippen MR) is 73.2 cm³/mol. The van der Waals surface area contributed by atoms with Crippen molar-refractivity contribution in [1.29, 1.82) is 0 Å². The van der Waals surface area contributed by atoms with Gasteiger partial charge in [-0.15, -0.1) is 0 Å². The summed E-state index contributed by atoms with van der Waals surface area (Å²) in [5.74, 6) is 0.482. The van der Waals surface area contributed by atoms with Crippen LogP contribution in [0.1, 0.15) is 5.69 Å². The third-order valence-electron chi connectivity index (χ3n) is 2.01. The largest absolute Gasteiger partial charge is 0.304 e. The molecule has 0 bridgehead atoms. The number of H-pyrrole nitrogens is 1. The van der Waals surface area contributed by atoms with E-state index in [0.717, 1.165) is 4.47 Å². The first kappa shape index (κ1) is 11.7. The van der Waals surface area contributed by atoms with Gasteiger partial charge in [-0.05, 0) is 57.6 Å². The number of hydrogen-bond donors (Lipinski definition) is 1. The molecule has 16 heavy (non-hydrogen) atoms. The first-order valence-electron chi connectivity index (χ1n) is 4.47. The van der Waals surface area contributed by atoms with Crippen molar-refractivity contribution in [1.82, 2.24) is 15.0 Å². The molecule has 2 aromatic heterocycles. The van der Waals surface area contributed by atoms with Gasteiger partial charge in [-0.1, -0.05) is 0 Å². The van der Waals surface area contributed by atoms with Gasteiger partial charge in [0.05, 0.1) is 9.26 Å². The lowest BCUT2D eigenvalue weighted by Crippen LogP contribution is -2.15. The lowest BCUT2D eigenvalue weighted by atomic mass is 10.3. The molecule has 4 nitrogen and oxygen atoms in total. The van der Waals surface area contributed by atoms with Crippen LogP contribution in [0.3, 0.4) is 0 Å². The molecule has 2 heterocycles. The topological polar surface area (TPSA) is 58.6 Å². The summed E-state index contributed by atoms with van der Waals surface area (Å²) in [6.07, 6.45) is 1.66. The number of aromatic amines is 1. The molecule has 0 fully saturated rings. The van der Waals surface area contributed by atoms with E-state index in [1.165, 1.54) is 0 Å². The second-order valence-corrected chi connectivity index (χ2v) is 5.08. The van der Waals surface area contributed by atoms with E-state index in [0.29, 0.717) is 20.8 Å². The fourth-order valence-electron chi connectivity index (χ4n) is 1.24. The van der Waals surface area contributed by atoms with E-state index in [-0.39, 0.29) is 5.56 Å². The lowest BCUT2D eigenvalue weighted by Gasteiger charge is -2.04. The Bertz CT molecular complexity index is 597. The first-order valence-corrected chi connectivity index (χ1v) is 6.34. The van der Waals surface area contributed by atoms with Gasteiger partial charge in [0.2, 0.25) is 0 Å². The van der Waals surface area contributed by atoms with E-state index in [1.807, 2.05) is 34.7 Å². The molecule has 0 aromatic carbocycles. The Labute approximate surface area is 114 Å². The van der Waals surface area contributed by atoms with Crippen LogP contribution < -0.4 is 5.56 Å². The minimum Gasteiger partial charge on any atom is -0.304 e. The van der Waals surface area contributed by atoms with Gasteiger partial charge in [0.1, 0.15) is 5.69 Å². The smallest absolute Gasteiger partial charge is 0.264 e. The summed E-state index contributed by atoms with van der Waals surface area (Å²) in [4.78, 5) is 22.8. The maximum Gasteiger partial charge on any atom is 0.264 e. The van der Waals surface area contributed by atoms with Crippen LogP contribution in [0.5, 0.6) is 0 Å². The zero-order chi connectivity index (χ0) is 11.7. The van der Waals surface area contributed by atoms with Crippen molar-refractivity contribution in [3.63, 3.8) is 0 Å². The highest BCUT2D eigenvalue weighted by atomic mass is 127. The molecule has 0 saturated heterocycles. The van der Waals surface area contributed by atoms with Crippen molar-refractivity contribution >= 4 is 38.5 Å². The van der Waals surface area contributed by atoms with Gasteiger partial charge < -0.3 is 4.98 Å². The van der Waals surface area contributed by atoms with E-state index in [4.69, 9.17) is 0 Å². The Morgan fingerprint density at radius 1 is 1.50 bits per heavy atom. The summed E-state index contributed by atoms with van der Waals surface area (Å²) in [5.41, 5.74) is 1.21. The van der Waals surface area contributed by atoms with E-state index in [9.17, 15) is 4.79 Å². The second kappa shape index (κ2) is 4.62. The van der Waals surface area contributed by atoms with Crippen LogP contribution in [0.25, 0.3) is 11.5 Å². The Balaban J connectivity index is 2.67. The van der Waals surface area contributed by atoms with Gasteiger partial charge in [-0.3, -0.25) is 9.78 Å². The molecule has 0 aliphatic heterocycles. The maximum absolute atomic E-state index is 11.6. The van der Waals surface area contributed by atoms with E-state index >= 15 is 0 Å². The number of hydrogen-bond acceptors (Lipinski definition) is 3. The van der Waals surface area contributed by atoms with Crippen LogP contribution in [0, 0.1) is 10.5 Å². The number of halogens is 2. The molecule has 0 amide bonds. The van der Waals surface area contributed by atoms with Gasteiger partial charge in [-0.2, -0.15) is 0 Å². The number of aromatic nitrogens is 3. The monoisotopic (exact) mass is 391 g/mol. The van der Waals surface area contributed by atoms with Gasteiger partial charge in [0.25, 0.3) is 5.56 Å². The standard InChI is InChI=1S/C10H7BrIN3O/c1-5-7(12)10(16)15-9(14-5)8-6(11)3-2-4-13-8/h2-4H,1H3,(H,14,15,16). The molecule has 6 heteroatoms. The van der Waals surface area contributed by atoms with Gasteiger partial charge in [0.15, 0.2) is 5.82 Å². The summed E-state index contributed by atoms with van der Waals surface area (Å²) < 4.78 is 1.41. The van der Waals surface area contributed by atoms with E-state index in [2.05, 4.69) is 30.9 Å². The number of aryl methyl sites for hydroxylation is 1. The molecule has 0 saturated carbocycles. The van der Waals surface area contributed by atoms with Crippen LogP contribution in [-0.2, 0) is 0 Å². The molecule has 0 radical (unpaired) electrons. The minimum absolute atomic E-state index is 0.138. The van der Waals surface area contributed by atoms with Crippen molar-refractivity contribution in [2.45, 2.75) is 6.92 Å².